The molecule has 3 heterocycles. The fraction of sp³-hybridized carbons (Fsp3) is 0.250. The van der Waals surface area contributed by atoms with Gasteiger partial charge in [-0.2, -0.15) is 23.4 Å². The summed E-state index contributed by atoms with van der Waals surface area (Å²) in [6.07, 6.45) is -4.73. The number of rotatable bonds is 7. The molecule has 4 rings (SSSR count). The smallest absolute Gasteiger partial charge is 0.417 e. The van der Waals surface area contributed by atoms with Crippen molar-refractivity contribution in [2.75, 3.05) is 5.32 Å². The maximum absolute atomic E-state index is 13.7. The Bertz CT molecular complexity index is 1680. The number of halogens is 4. The van der Waals surface area contributed by atoms with Crippen LogP contribution in [0.4, 0.5) is 18.9 Å². The van der Waals surface area contributed by atoms with Gasteiger partial charge in [0, 0.05) is 18.3 Å². The minimum Gasteiger partial charge on any atom is -0.476 e. The van der Waals surface area contributed by atoms with Crippen LogP contribution in [0.3, 0.4) is 0 Å². The first-order chi connectivity index (χ1) is 19.4. The van der Waals surface area contributed by atoms with E-state index >= 15 is 0 Å². The summed E-state index contributed by atoms with van der Waals surface area (Å²) in [5.41, 5.74) is -1.35. The number of nitrogens with one attached hydrogen (secondary N) is 1. The van der Waals surface area contributed by atoms with Crippen LogP contribution < -0.4 is 15.6 Å². The normalized spacial score (nSPS) is 11.7. The quantitative estimate of drug-likeness (QED) is 0.237. The average molecular weight is 588 g/mol. The number of alkyl halides is 3. The van der Waals surface area contributed by atoms with Crippen molar-refractivity contribution in [3.63, 3.8) is 0 Å². The van der Waals surface area contributed by atoms with Crippen LogP contribution in [0.1, 0.15) is 65.2 Å². The molecule has 41 heavy (non-hydrogen) atoms. The van der Waals surface area contributed by atoms with Gasteiger partial charge in [0.25, 0.3) is 5.56 Å². The summed E-state index contributed by atoms with van der Waals surface area (Å²) < 4.78 is 47.8. The molecular weight excluding hydrogens is 563 g/mol. The molecule has 0 amide bonds. The van der Waals surface area contributed by atoms with E-state index in [-0.39, 0.29) is 40.0 Å². The number of hydrogen-bond acceptors (Lipinski definition) is 7. The van der Waals surface area contributed by atoms with E-state index in [1.54, 1.807) is 31.2 Å². The maximum Gasteiger partial charge on any atom is 0.417 e. The molecule has 0 aliphatic heterocycles. The van der Waals surface area contributed by atoms with Gasteiger partial charge in [0.15, 0.2) is 5.69 Å². The molecule has 0 saturated carbocycles. The predicted molar refractivity (Wildman–Crippen MR) is 146 cm³/mol. The molecule has 0 spiro atoms. The first-order valence-corrected chi connectivity index (χ1v) is 12.7. The van der Waals surface area contributed by atoms with Crippen molar-refractivity contribution >= 4 is 28.9 Å². The summed E-state index contributed by atoms with van der Waals surface area (Å²) in [5.74, 6) is -1.48. The van der Waals surface area contributed by atoms with Gasteiger partial charge in [0.2, 0.25) is 5.88 Å². The Hall–Kier alpha value is -4.63. The Balaban J connectivity index is 0.00000226. The Morgan fingerprint density at radius 3 is 2.44 bits per heavy atom. The summed E-state index contributed by atoms with van der Waals surface area (Å²) in [6.45, 7) is 6.75. The largest absolute Gasteiger partial charge is 0.476 e. The number of nitriles is 1. The van der Waals surface area contributed by atoms with Crippen LogP contribution >= 0.6 is 11.6 Å². The lowest BCUT2D eigenvalue weighted by molar-refractivity contribution is -0.137. The highest BCUT2D eigenvalue weighted by Gasteiger charge is 2.32. The molecule has 13 heteroatoms. The third kappa shape index (κ3) is 6.93. The molecule has 9 nitrogen and oxygen atoms in total. The molecule has 1 aromatic carbocycles. The zero-order valence-electron chi connectivity index (χ0n) is 22.4. The highest BCUT2D eigenvalue weighted by molar-refractivity contribution is 6.29. The number of fused-ring (bicyclic) bond motifs is 1. The van der Waals surface area contributed by atoms with Crippen LogP contribution in [-0.4, -0.2) is 25.4 Å². The Labute approximate surface area is 237 Å². The number of hydrogen-bond donors (Lipinski definition) is 2. The van der Waals surface area contributed by atoms with Crippen LogP contribution in [0.15, 0.2) is 53.5 Å². The Morgan fingerprint density at radius 2 is 1.85 bits per heavy atom. The summed E-state index contributed by atoms with van der Waals surface area (Å²) in [4.78, 5) is 32.8. The summed E-state index contributed by atoms with van der Waals surface area (Å²) >= 11 is 5.77. The van der Waals surface area contributed by atoms with Crippen molar-refractivity contribution < 1.29 is 27.8 Å². The molecule has 1 atom stereocenters. The third-order valence-electron chi connectivity index (χ3n) is 5.84. The second kappa shape index (κ2) is 12.7. The average Bonchev–Trinajstić information content (AvgIpc) is 2.95. The van der Waals surface area contributed by atoms with Crippen LogP contribution in [-0.2, 0) is 12.7 Å². The molecule has 0 radical (unpaired) electrons. The molecule has 0 fully saturated rings. The van der Waals surface area contributed by atoms with E-state index in [1.807, 2.05) is 19.9 Å². The van der Waals surface area contributed by atoms with E-state index in [1.165, 1.54) is 19.1 Å². The van der Waals surface area contributed by atoms with Crippen molar-refractivity contribution in [2.45, 2.75) is 46.5 Å². The van der Waals surface area contributed by atoms with Crippen molar-refractivity contribution in [3.05, 3.63) is 97.7 Å². The zero-order chi connectivity index (χ0) is 30.5. The van der Waals surface area contributed by atoms with Gasteiger partial charge in [-0.1, -0.05) is 37.6 Å². The number of anilines is 1. The lowest BCUT2D eigenvalue weighted by Crippen LogP contribution is -2.23. The first kappa shape index (κ1) is 30.9. The highest BCUT2D eigenvalue weighted by atomic mass is 35.5. The fourth-order valence-corrected chi connectivity index (χ4v) is 3.92. The number of aromatic nitrogens is 3. The summed E-state index contributed by atoms with van der Waals surface area (Å²) in [5, 5.41) is 21.1. The van der Waals surface area contributed by atoms with Gasteiger partial charge in [-0.15, -0.1) is 0 Å². The van der Waals surface area contributed by atoms with E-state index in [9.17, 15) is 27.9 Å². The van der Waals surface area contributed by atoms with Gasteiger partial charge in [-0.05, 0) is 49.7 Å². The second-order valence-electron chi connectivity index (χ2n) is 8.48. The SMILES string of the molecule is CC.Cc1c(OC(C)c2ccc(C#N)cc2)nc2c(CNc3ccc(Cl)nc3C(=O)O)cc(C(F)(F)F)cn2c1=O. The number of carbonyl (C=O) groups is 1. The molecule has 2 N–H and O–H groups in total. The number of carboxylic acids is 1. The Kier molecular flexibility index (Phi) is 9.57. The lowest BCUT2D eigenvalue weighted by atomic mass is 10.1. The fourth-order valence-electron chi connectivity index (χ4n) is 3.77. The lowest BCUT2D eigenvalue weighted by Gasteiger charge is -2.19. The van der Waals surface area contributed by atoms with Crippen molar-refractivity contribution in [2.24, 2.45) is 0 Å². The van der Waals surface area contributed by atoms with Crippen LogP contribution in [0, 0.1) is 18.3 Å². The first-order valence-electron chi connectivity index (χ1n) is 12.3. The molecule has 0 aliphatic carbocycles. The topological polar surface area (TPSA) is 130 Å². The highest BCUT2D eigenvalue weighted by Crippen LogP contribution is 2.32. The van der Waals surface area contributed by atoms with E-state index in [2.05, 4.69) is 15.3 Å². The molecule has 4 aromatic rings. The molecule has 0 bridgehead atoms. The minimum atomic E-state index is -4.77. The minimum absolute atomic E-state index is 0.00262. The number of aromatic carboxylic acids is 1. The maximum atomic E-state index is 13.7. The molecule has 214 valence electrons. The summed E-state index contributed by atoms with van der Waals surface area (Å²) in [6, 6.07) is 12.0. The molecular formula is C28H25ClF3N5O4. The second-order valence-corrected chi connectivity index (χ2v) is 8.86. The molecule has 0 aliphatic rings. The van der Waals surface area contributed by atoms with E-state index in [0.717, 1.165) is 10.5 Å². The Morgan fingerprint density at radius 1 is 1.20 bits per heavy atom. The number of benzene rings is 1. The zero-order valence-corrected chi connectivity index (χ0v) is 23.1. The number of ether oxygens (including phenoxy) is 1. The number of nitrogens with zero attached hydrogens (tertiary/aromatic N) is 4. The van der Waals surface area contributed by atoms with Crippen molar-refractivity contribution in [1.82, 2.24) is 14.4 Å². The van der Waals surface area contributed by atoms with E-state index in [4.69, 9.17) is 21.6 Å². The predicted octanol–water partition coefficient (Wildman–Crippen LogP) is 6.42. The van der Waals surface area contributed by atoms with Gasteiger partial charge in [-0.25, -0.2) is 9.78 Å². The van der Waals surface area contributed by atoms with Gasteiger partial charge in [-0.3, -0.25) is 9.20 Å². The third-order valence-corrected chi connectivity index (χ3v) is 6.05. The number of carboxylic acid groups (broad SMARTS) is 1. The van der Waals surface area contributed by atoms with Gasteiger partial charge >= 0.3 is 12.1 Å². The van der Waals surface area contributed by atoms with Gasteiger partial charge in [0.1, 0.15) is 16.9 Å². The van der Waals surface area contributed by atoms with E-state index in [0.29, 0.717) is 17.3 Å². The molecule has 3 aromatic heterocycles. The monoisotopic (exact) mass is 587 g/mol. The standard InChI is InChI=1S/C26H19ClF3N5O4.C2H6/c1-13-23(39-14(2)16-5-3-15(10-31)4-6-16)34-22-17(9-18(26(28,29)30)12-35(22)24(13)36)11-32-19-7-8-20(27)33-21(19)25(37)38;1-2/h3-9,12,14,32H,11H2,1-2H3,(H,37,38);1-2H3. The van der Waals surface area contributed by atoms with Crippen LogP contribution in [0.2, 0.25) is 5.15 Å². The van der Waals surface area contributed by atoms with Crippen LogP contribution in [0.5, 0.6) is 5.88 Å². The number of pyridine rings is 2. The molecule has 0 saturated heterocycles. The van der Waals surface area contributed by atoms with Crippen LogP contribution in [0.25, 0.3) is 5.65 Å². The molecule has 1 unspecified atom stereocenters. The van der Waals surface area contributed by atoms with E-state index < -0.39 is 35.1 Å². The van der Waals surface area contributed by atoms with Crippen molar-refractivity contribution in [3.8, 4) is 11.9 Å². The van der Waals surface area contributed by atoms with Crippen molar-refractivity contribution in [1.29, 1.82) is 5.26 Å². The van der Waals surface area contributed by atoms with Gasteiger partial charge < -0.3 is 15.2 Å². The summed E-state index contributed by atoms with van der Waals surface area (Å²) in [7, 11) is 0. The van der Waals surface area contributed by atoms with Gasteiger partial charge in [0.05, 0.1) is 28.4 Å².